The van der Waals surface area contributed by atoms with Crippen LogP contribution in [0, 0.1) is 5.92 Å². The van der Waals surface area contributed by atoms with Crippen LogP contribution in [0.1, 0.15) is 37.0 Å². The normalized spacial score (nSPS) is 17.1. The van der Waals surface area contributed by atoms with Crippen molar-refractivity contribution in [2.75, 3.05) is 33.4 Å². The van der Waals surface area contributed by atoms with Gasteiger partial charge in [-0.15, -0.1) is 0 Å². The Kier molecular flexibility index (Phi) is 7.11. The van der Waals surface area contributed by atoms with E-state index in [2.05, 4.69) is 21.2 Å². The van der Waals surface area contributed by atoms with Crippen molar-refractivity contribution >= 4 is 27.7 Å². The number of carbonyl (C=O) groups excluding carboxylic acids is 2. The lowest BCUT2D eigenvalue weighted by molar-refractivity contribution is -0.126. The van der Waals surface area contributed by atoms with Gasteiger partial charge in [0.15, 0.2) is 11.5 Å². The van der Waals surface area contributed by atoms with E-state index in [4.69, 9.17) is 9.47 Å². The maximum Gasteiger partial charge on any atom is 0.254 e. The number of halogens is 1. The maximum atomic E-state index is 12.9. The van der Waals surface area contributed by atoms with Crippen molar-refractivity contribution < 1.29 is 19.1 Å². The summed E-state index contributed by atoms with van der Waals surface area (Å²) in [5.74, 6) is 0.865. The maximum absolute atomic E-state index is 12.9. The second-order valence-corrected chi connectivity index (χ2v) is 6.76. The van der Waals surface area contributed by atoms with E-state index < -0.39 is 0 Å². The molecule has 1 saturated heterocycles. The van der Waals surface area contributed by atoms with Crippen LogP contribution in [0.3, 0.4) is 0 Å². The number of hydrogen-bond donors (Lipinski definition) is 1. The zero-order chi connectivity index (χ0) is 18.4. The predicted molar refractivity (Wildman–Crippen MR) is 99.2 cm³/mol. The van der Waals surface area contributed by atoms with Crippen LogP contribution in [0.4, 0.5) is 0 Å². The largest absolute Gasteiger partial charge is 0.493 e. The van der Waals surface area contributed by atoms with Crippen LogP contribution in [0.2, 0.25) is 0 Å². The number of likely N-dealkylation sites (tertiary alicyclic amines) is 1. The van der Waals surface area contributed by atoms with Crippen molar-refractivity contribution in [1.82, 2.24) is 10.2 Å². The number of piperidine rings is 1. The summed E-state index contributed by atoms with van der Waals surface area (Å²) in [7, 11) is 1.55. The minimum Gasteiger partial charge on any atom is -0.493 e. The second-order valence-electron chi connectivity index (χ2n) is 5.91. The average molecular weight is 413 g/mol. The van der Waals surface area contributed by atoms with Gasteiger partial charge in [0, 0.05) is 25.2 Å². The van der Waals surface area contributed by atoms with Gasteiger partial charge in [-0.3, -0.25) is 9.59 Å². The van der Waals surface area contributed by atoms with Gasteiger partial charge in [-0.1, -0.05) is 0 Å². The molecule has 7 heteroatoms. The molecule has 1 aromatic rings. The van der Waals surface area contributed by atoms with Gasteiger partial charge in [0.05, 0.1) is 24.1 Å². The molecule has 0 spiro atoms. The number of benzene rings is 1. The molecule has 2 rings (SSSR count). The topological polar surface area (TPSA) is 67.9 Å². The molecule has 1 heterocycles. The zero-order valence-corrected chi connectivity index (χ0v) is 16.5. The first kappa shape index (κ1) is 19.6. The van der Waals surface area contributed by atoms with Gasteiger partial charge in [0.2, 0.25) is 5.91 Å². The Bertz CT molecular complexity index is 636. The van der Waals surface area contributed by atoms with Gasteiger partial charge in [0.25, 0.3) is 5.91 Å². The van der Waals surface area contributed by atoms with Crippen LogP contribution in [0.15, 0.2) is 16.6 Å². The van der Waals surface area contributed by atoms with Crippen molar-refractivity contribution in [1.29, 1.82) is 0 Å². The van der Waals surface area contributed by atoms with Crippen molar-refractivity contribution in [3.8, 4) is 11.5 Å². The van der Waals surface area contributed by atoms with Gasteiger partial charge in [-0.2, -0.15) is 0 Å². The Morgan fingerprint density at radius 2 is 2.12 bits per heavy atom. The fourth-order valence-electron chi connectivity index (χ4n) is 3.00. The number of nitrogens with one attached hydrogen (secondary N) is 1. The summed E-state index contributed by atoms with van der Waals surface area (Å²) < 4.78 is 11.6. The van der Waals surface area contributed by atoms with Crippen LogP contribution >= 0.6 is 15.9 Å². The Labute approximate surface area is 157 Å². The number of hydrogen-bond acceptors (Lipinski definition) is 4. The third-order valence-corrected chi connectivity index (χ3v) is 4.78. The fraction of sp³-hybridized carbons (Fsp3) is 0.556. The summed E-state index contributed by atoms with van der Waals surface area (Å²) in [5, 5.41) is 2.84. The third-order valence-electron chi connectivity index (χ3n) is 4.20. The molecular formula is C18H25BrN2O4. The molecule has 0 saturated carbocycles. The Morgan fingerprint density at radius 3 is 2.76 bits per heavy atom. The molecule has 2 amide bonds. The van der Waals surface area contributed by atoms with E-state index in [1.807, 2.05) is 13.8 Å². The molecule has 1 fully saturated rings. The predicted octanol–water partition coefficient (Wildman–Crippen LogP) is 2.84. The first-order valence-corrected chi connectivity index (χ1v) is 9.38. The monoisotopic (exact) mass is 412 g/mol. The van der Waals surface area contributed by atoms with Crippen molar-refractivity contribution in [3.05, 3.63) is 22.2 Å². The molecule has 1 aromatic carbocycles. The highest BCUT2D eigenvalue weighted by Crippen LogP contribution is 2.37. The molecule has 1 N–H and O–H groups in total. The number of nitrogens with zero attached hydrogens (tertiary/aromatic N) is 1. The average Bonchev–Trinajstić information content (AvgIpc) is 2.63. The Hall–Kier alpha value is -1.76. The van der Waals surface area contributed by atoms with E-state index in [1.165, 1.54) is 0 Å². The van der Waals surface area contributed by atoms with E-state index in [0.29, 0.717) is 47.8 Å². The second kappa shape index (κ2) is 9.08. The quantitative estimate of drug-likeness (QED) is 0.779. The summed E-state index contributed by atoms with van der Waals surface area (Å²) in [6.07, 6.45) is 1.63. The van der Waals surface area contributed by atoms with E-state index in [1.54, 1.807) is 24.1 Å². The number of carbonyl (C=O) groups is 2. The molecule has 0 bridgehead atoms. The van der Waals surface area contributed by atoms with Crippen LogP contribution in [0.5, 0.6) is 11.5 Å². The van der Waals surface area contributed by atoms with Crippen molar-refractivity contribution in [3.63, 3.8) is 0 Å². The minimum atomic E-state index is -0.148. The molecule has 1 aliphatic rings. The summed E-state index contributed by atoms with van der Waals surface area (Å²) in [6, 6.07) is 3.43. The number of amides is 2. The summed E-state index contributed by atoms with van der Waals surface area (Å²) in [4.78, 5) is 26.7. The molecule has 1 unspecified atom stereocenters. The number of rotatable bonds is 6. The van der Waals surface area contributed by atoms with Gasteiger partial charge in [0.1, 0.15) is 0 Å². The molecule has 0 radical (unpaired) electrons. The molecular weight excluding hydrogens is 388 g/mol. The minimum absolute atomic E-state index is 0.0189. The highest BCUT2D eigenvalue weighted by Gasteiger charge is 2.29. The van der Waals surface area contributed by atoms with E-state index in [0.717, 1.165) is 12.8 Å². The summed E-state index contributed by atoms with van der Waals surface area (Å²) >= 11 is 3.45. The molecule has 25 heavy (non-hydrogen) atoms. The van der Waals surface area contributed by atoms with Crippen LogP contribution in [-0.2, 0) is 4.79 Å². The molecule has 1 atom stereocenters. The van der Waals surface area contributed by atoms with Gasteiger partial charge in [-0.05, 0) is 54.8 Å². The summed E-state index contributed by atoms with van der Waals surface area (Å²) in [6.45, 7) is 5.99. The lowest BCUT2D eigenvalue weighted by Crippen LogP contribution is -2.45. The first-order valence-electron chi connectivity index (χ1n) is 8.59. The van der Waals surface area contributed by atoms with Crippen LogP contribution in [0.25, 0.3) is 0 Å². The van der Waals surface area contributed by atoms with E-state index in [9.17, 15) is 9.59 Å². The van der Waals surface area contributed by atoms with Gasteiger partial charge < -0.3 is 19.7 Å². The van der Waals surface area contributed by atoms with E-state index in [-0.39, 0.29) is 17.7 Å². The fourth-order valence-corrected chi connectivity index (χ4v) is 3.56. The molecule has 138 valence electrons. The standard InChI is InChI=1S/C18H25BrN2O4/c1-4-20-17(22)12-7-6-8-21(11-12)18(23)13-9-14(19)16(25-5-2)15(10-13)24-3/h9-10,12H,4-8,11H2,1-3H3,(H,20,22). The summed E-state index contributed by atoms with van der Waals surface area (Å²) in [5.41, 5.74) is 0.517. The Morgan fingerprint density at radius 1 is 1.36 bits per heavy atom. The lowest BCUT2D eigenvalue weighted by Gasteiger charge is -2.32. The highest BCUT2D eigenvalue weighted by atomic mass is 79.9. The van der Waals surface area contributed by atoms with Crippen molar-refractivity contribution in [2.24, 2.45) is 5.92 Å². The van der Waals surface area contributed by atoms with Gasteiger partial charge >= 0.3 is 0 Å². The van der Waals surface area contributed by atoms with E-state index >= 15 is 0 Å². The highest BCUT2D eigenvalue weighted by molar-refractivity contribution is 9.10. The first-order chi connectivity index (χ1) is 12.0. The lowest BCUT2D eigenvalue weighted by atomic mass is 9.96. The molecule has 0 aromatic heterocycles. The smallest absolute Gasteiger partial charge is 0.254 e. The zero-order valence-electron chi connectivity index (χ0n) is 14.9. The molecule has 6 nitrogen and oxygen atoms in total. The number of methoxy groups -OCH3 is 1. The SMILES string of the molecule is CCNC(=O)C1CCCN(C(=O)c2cc(Br)c(OCC)c(OC)c2)C1. The third kappa shape index (κ3) is 4.66. The molecule has 0 aliphatic carbocycles. The Balaban J connectivity index is 2.19. The van der Waals surface area contributed by atoms with Crippen LogP contribution < -0.4 is 14.8 Å². The van der Waals surface area contributed by atoms with Crippen LogP contribution in [-0.4, -0.2) is 50.1 Å². The number of ether oxygens (including phenoxy) is 2. The molecule has 1 aliphatic heterocycles. The van der Waals surface area contributed by atoms with Crippen molar-refractivity contribution in [2.45, 2.75) is 26.7 Å². The van der Waals surface area contributed by atoms with Gasteiger partial charge in [-0.25, -0.2) is 0 Å².